The highest BCUT2D eigenvalue weighted by molar-refractivity contribution is 7.45. The maximum Gasteiger partial charge on any atom is 0.466 e. The number of aromatic amines is 2. The number of phenolic OH excluding ortho intramolecular Hbond substituents is 1. The molecule has 150 heavy (non-hydrogen) atoms. The van der Waals surface area contributed by atoms with E-state index >= 15 is 0 Å². The smallest absolute Gasteiger partial charge is 0.466 e. The highest BCUT2D eigenvalue weighted by Gasteiger charge is 2.49. The van der Waals surface area contributed by atoms with Gasteiger partial charge in [-0.2, -0.15) is 0 Å². The van der Waals surface area contributed by atoms with Crippen molar-refractivity contribution in [1.82, 2.24) is 62.3 Å². The molecule has 0 saturated carbocycles. The number of carbonyl (C=O) groups is 9. The van der Waals surface area contributed by atoms with E-state index in [1.165, 1.54) is 30.7 Å². The number of ether oxygens (including phenoxy) is 6. The number of rotatable bonds is 43. The number of phenols is 1. The van der Waals surface area contributed by atoms with E-state index in [9.17, 15) is 84.6 Å². The van der Waals surface area contributed by atoms with Crippen LogP contribution in [0.2, 0.25) is 0 Å². The summed E-state index contributed by atoms with van der Waals surface area (Å²) >= 11 is 0. The van der Waals surface area contributed by atoms with Crippen molar-refractivity contribution in [2.75, 3.05) is 99.5 Å². The lowest BCUT2D eigenvalue weighted by atomic mass is 9.91. The fourth-order valence-corrected chi connectivity index (χ4v) is 17.2. The number of fused-ring (bicyclic) bond motifs is 8. The molecule has 828 valence electrons. The first-order chi connectivity index (χ1) is 71.5. The summed E-state index contributed by atoms with van der Waals surface area (Å²) < 4.78 is 42.7. The van der Waals surface area contributed by atoms with Crippen molar-refractivity contribution in [2.45, 2.75) is 229 Å². The van der Waals surface area contributed by atoms with Gasteiger partial charge in [0.2, 0.25) is 41.4 Å². The quantitative estimate of drug-likeness (QED) is 0.0192. The molecular formula is C104H151N14O31P. The Labute approximate surface area is 870 Å². The Hall–Kier alpha value is -12.5. The third-order valence-corrected chi connectivity index (χ3v) is 24.7. The summed E-state index contributed by atoms with van der Waals surface area (Å²) in [6.45, 7) is 12.3. The number of nitrogens with one attached hydrogen (secondary N) is 10. The monoisotopic (exact) mass is 2120 g/mol. The molecule has 3 aliphatic rings. The summed E-state index contributed by atoms with van der Waals surface area (Å²) in [5.41, 5.74) is 15.7. The maximum absolute atomic E-state index is 14.6. The van der Waals surface area contributed by atoms with Gasteiger partial charge in [0, 0.05) is 118 Å². The molecule has 5 heterocycles. The Balaban J connectivity index is 0.000000334. The van der Waals surface area contributed by atoms with E-state index in [0.717, 1.165) is 124 Å². The zero-order chi connectivity index (χ0) is 110. The molecule has 4 unspecified atom stereocenters. The molecule has 12 rings (SSSR count). The first-order valence-electron chi connectivity index (χ1n) is 50.0. The Morgan fingerprint density at radius 1 is 0.513 bits per heavy atom. The number of hydrogen-bond donors (Lipinski definition) is 27. The third kappa shape index (κ3) is 41.0. The van der Waals surface area contributed by atoms with Gasteiger partial charge in [-0.25, -0.2) is 4.57 Å². The number of nitrogens with zero attached hydrogens (tertiary/aromatic N) is 2. The second-order valence-electron chi connectivity index (χ2n) is 36.9. The molecule has 0 aliphatic carbocycles. The van der Waals surface area contributed by atoms with Crippen LogP contribution >= 0.6 is 7.82 Å². The van der Waals surface area contributed by atoms with E-state index < -0.39 is 178 Å². The minimum Gasteiger partial charge on any atom is -0.508 e. The number of H-pyrrole nitrogens is 2. The average molecular weight is 2120 g/mol. The zero-order valence-electron chi connectivity index (χ0n) is 85.7. The fraction of sp³-hybridized carbons (Fsp3) is 0.510. The first kappa shape index (κ1) is 124. The van der Waals surface area contributed by atoms with Gasteiger partial charge < -0.3 is 173 Å². The van der Waals surface area contributed by atoms with Crippen molar-refractivity contribution in [1.29, 1.82) is 0 Å². The molecular weight excluding hydrogens is 1970 g/mol. The van der Waals surface area contributed by atoms with Gasteiger partial charge in [-0.15, -0.1) is 0 Å². The van der Waals surface area contributed by atoms with Crippen molar-refractivity contribution in [3.8, 4) is 40.2 Å². The molecule has 3 aliphatic heterocycles. The maximum atomic E-state index is 14.6. The molecule has 2 aromatic heterocycles. The van der Waals surface area contributed by atoms with Crippen molar-refractivity contribution >= 4 is 105 Å². The van der Waals surface area contributed by atoms with Gasteiger partial charge in [0.05, 0.1) is 55.8 Å². The fourth-order valence-electron chi connectivity index (χ4n) is 17.2. The van der Waals surface area contributed by atoms with E-state index in [2.05, 4.69) is 85.4 Å². The Morgan fingerprint density at radius 3 is 1.48 bits per heavy atom. The number of aliphatic carboxylic acids is 2. The number of aromatic hydroxyl groups is 1. The van der Waals surface area contributed by atoms with E-state index in [0.29, 0.717) is 87.1 Å². The lowest BCUT2D eigenvalue weighted by molar-refractivity contribution is -0.148. The minimum atomic E-state index is -4.64. The Kier molecular flexibility index (Phi) is 53.3. The molecule has 45 nitrogen and oxygen atoms in total. The number of hydrogen-bond acceptors (Lipinski definition) is 31. The number of para-hydroxylation sites is 6. The van der Waals surface area contributed by atoms with Crippen LogP contribution in [-0.4, -0.2) is 340 Å². The largest absolute Gasteiger partial charge is 0.508 e. The summed E-state index contributed by atoms with van der Waals surface area (Å²) in [4.78, 5) is 148. The summed E-state index contributed by atoms with van der Waals surface area (Å²) in [7, 11) is -1.40. The number of aliphatic hydroxyl groups excluding tert-OH is 9. The van der Waals surface area contributed by atoms with Crippen LogP contribution in [0.5, 0.6) is 40.2 Å². The average Bonchev–Trinajstić information content (AvgIpc) is 1.63. The number of benzene rings is 7. The number of carboxylic acid groups (broad SMARTS) is 2. The highest BCUT2D eigenvalue weighted by Crippen LogP contribution is 2.37. The topological polar surface area (TPSA) is 716 Å². The lowest BCUT2D eigenvalue weighted by Gasteiger charge is -2.35. The van der Waals surface area contributed by atoms with Gasteiger partial charge in [0.25, 0.3) is 11.9 Å². The van der Waals surface area contributed by atoms with Crippen LogP contribution in [0.1, 0.15) is 143 Å². The second kappa shape index (κ2) is 64.3. The van der Waals surface area contributed by atoms with Crippen LogP contribution in [0.15, 0.2) is 158 Å². The van der Waals surface area contributed by atoms with Crippen molar-refractivity contribution < 1.29 is 152 Å². The van der Waals surface area contributed by atoms with Crippen LogP contribution in [0.4, 0.5) is 0 Å². The van der Waals surface area contributed by atoms with Crippen LogP contribution < -0.4 is 82.4 Å². The third-order valence-electron chi connectivity index (χ3n) is 24.7. The molecule has 0 bridgehead atoms. The number of methoxy groups -OCH3 is 2. The molecule has 7 amide bonds. The van der Waals surface area contributed by atoms with Gasteiger partial charge in [0.15, 0.2) is 23.0 Å². The molecule has 29 N–H and O–H groups in total. The molecule has 0 radical (unpaired) electrons. The number of aliphatic hydroxyl groups is 9. The van der Waals surface area contributed by atoms with Crippen LogP contribution in [0.3, 0.4) is 0 Å². The summed E-state index contributed by atoms with van der Waals surface area (Å²) in [6.07, 6.45) is -8.20. The van der Waals surface area contributed by atoms with Gasteiger partial charge in [-0.1, -0.05) is 151 Å². The second-order valence-corrected chi connectivity index (χ2v) is 37.9. The van der Waals surface area contributed by atoms with Crippen LogP contribution in [0.25, 0.3) is 43.6 Å². The predicted molar refractivity (Wildman–Crippen MR) is 558 cm³/mol. The van der Waals surface area contributed by atoms with E-state index in [4.69, 9.17) is 78.9 Å². The van der Waals surface area contributed by atoms with Crippen LogP contribution in [0, 0.1) is 11.8 Å². The zero-order valence-corrected chi connectivity index (χ0v) is 86.6. The summed E-state index contributed by atoms with van der Waals surface area (Å²) in [5.74, 6) is -3.74. The molecule has 18 atom stereocenters. The summed E-state index contributed by atoms with van der Waals surface area (Å²) in [6, 6.07) is 36.8. The van der Waals surface area contributed by atoms with Crippen molar-refractivity contribution in [2.24, 2.45) is 23.3 Å². The van der Waals surface area contributed by atoms with Gasteiger partial charge in [-0.3, -0.25) is 48.5 Å². The Bertz CT molecular complexity index is 5520. The molecule has 3 fully saturated rings. The lowest BCUT2D eigenvalue weighted by Crippen LogP contribution is -2.65. The van der Waals surface area contributed by atoms with Gasteiger partial charge in [0.1, 0.15) is 111 Å². The standard InChI is InChI=1S/C52H88N10O15.2C24H26N2O4.2C2H4O2.H3O4P/c1-5-28(2)24-29(3)12-10-8-6-7-9-11-13-39(69)56-34-26-38(68)46(55-22-21-54)60-50(75)43-37(67)19-23-61(43)52(77)41(36(66)18-20-53)58-49(74)42(45(71)44(70)31-14-16-32(64)17-15-31)59-48(73)35-25-33(65)27-62(35)51(76)40(30(4)63)57-47(34)72;2*1-28-21-10-4-5-11-22(21)29-14-13-25-15-17(27)16-30-23-12-6-9-20-24(23)18-7-2-3-8-19(18)26-20;2*1-2(3)4;1-5(2,3)4/h14-17,28-30,33-38,40-46,55,63-68,70-71H,5-13,18-27,53-54H2,1-4H3,(H,56,69)(H,57,72)(H,58,74)(H,59,73)(H,60,75);2*2-12,17,25-27H,13-16H2,1H3;2*1H3,(H,3,4);(H3,1,2,3,4)/t28?,29?,30-,33-,34+,35+,36+,37+,38-,40+,41+,42+,43+,44+,45+,46-;;;;;/m1...../s1. The SMILES string of the molecule is CC(=O)O.CC(=O)O.CCC(C)CC(C)CCCCCCCCC(=O)N[C@H]1C[C@@H](O)[C@H](NCCN)NC(=O)[C@@H]2[C@@H](O)CCN2C(=O)[C@H]([C@@H](O)CCN)NC(=O)[C@H]([C@H](O)[C@@H](O)c2ccc(O)cc2)NC(=O)[C@@H]2C[C@@H](O)CN2C(=O)[C@H]([C@@H](C)O)NC1=O.COc1ccccc1OCCNCC(O)COc1cccc2[nH]c3ccccc3c12.COc1ccccc1OCCNCC(O)COc1cccc2[nH]c3ccccc3c12.O=P(O)(O)O. The normalized spacial score (nSPS) is 20.3. The van der Waals surface area contributed by atoms with Crippen molar-refractivity contribution in [3.63, 3.8) is 0 Å². The minimum absolute atomic E-state index is 0.0257. The molecule has 46 heteroatoms. The van der Waals surface area contributed by atoms with E-state index in [1.807, 2.05) is 121 Å². The number of amides is 7. The first-order valence-corrected chi connectivity index (χ1v) is 51.6. The molecule has 0 spiro atoms. The molecule has 7 aromatic carbocycles. The van der Waals surface area contributed by atoms with E-state index in [1.54, 1.807) is 14.2 Å². The number of carboxylic acids is 2. The number of phosphoric acid groups is 1. The molecule has 3 saturated heterocycles. The van der Waals surface area contributed by atoms with Gasteiger partial charge >= 0.3 is 7.82 Å². The van der Waals surface area contributed by atoms with E-state index in [-0.39, 0.29) is 70.0 Å². The highest BCUT2D eigenvalue weighted by atomic mass is 31.2. The number of aromatic nitrogens is 2. The van der Waals surface area contributed by atoms with Crippen LogP contribution in [-0.2, 0) is 47.7 Å². The summed E-state index contributed by atoms with van der Waals surface area (Å²) in [5, 5.41) is 151. The number of nitrogens with two attached hydrogens (primary N) is 2. The number of carbonyl (C=O) groups excluding carboxylic acids is 7. The van der Waals surface area contributed by atoms with Crippen molar-refractivity contribution in [3.05, 3.63) is 163 Å². The predicted octanol–water partition coefficient (Wildman–Crippen LogP) is 3.42. The van der Waals surface area contributed by atoms with Gasteiger partial charge in [-0.05, 0) is 129 Å². The molecule has 9 aromatic rings. The number of unbranched alkanes of at least 4 members (excludes halogenated alkanes) is 5. The Morgan fingerprint density at radius 2 is 0.980 bits per heavy atom.